The van der Waals surface area contributed by atoms with Gasteiger partial charge < -0.3 is 0 Å². The predicted molar refractivity (Wildman–Crippen MR) is 112 cm³/mol. The number of hydrogen-bond donors (Lipinski definition) is 0. The van der Waals surface area contributed by atoms with Crippen molar-refractivity contribution in [3.05, 3.63) is 50.9 Å². The molecular formula is C20H24ClN3O3S. The fraction of sp³-hybridized carbons (Fsp3) is 0.400. The summed E-state index contributed by atoms with van der Waals surface area (Å²) in [6.07, 6.45) is 3.01. The average molecular weight is 422 g/mol. The van der Waals surface area contributed by atoms with Gasteiger partial charge in [-0.3, -0.25) is 9.36 Å². The summed E-state index contributed by atoms with van der Waals surface area (Å²) in [6.45, 7) is 6.15. The number of benzene rings is 1. The molecule has 0 atom stereocenters. The first kappa shape index (κ1) is 20.6. The van der Waals surface area contributed by atoms with Gasteiger partial charge in [-0.2, -0.15) is 0 Å². The van der Waals surface area contributed by atoms with Crippen molar-refractivity contribution in [1.29, 1.82) is 0 Å². The highest BCUT2D eigenvalue weighted by Crippen LogP contribution is 2.31. The van der Waals surface area contributed by atoms with Gasteiger partial charge in [-0.25, -0.2) is 12.9 Å². The van der Waals surface area contributed by atoms with Gasteiger partial charge >= 0.3 is 0 Å². The zero-order valence-electron chi connectivity index (χ0n) is 16.7. The van der Waals surface area contributed by atoms with Gasteiger partial charge in [-0.05, 0) is 55.5 Å². The number of fused-ring (bicyclic) bond motifs is 1. The molecule has 3 aromatic rings. The van der Waals surface area contributed by atoms with E-state index in [0.717, 1.165) is 30.4 Å². The highest BCUT2D eigenvalue weighted by molar-refractivity contribution is 7.90. The van der Waals surface area contributed by atoms with E-state index in [1.807, 2.05) is 13.0 Å². The fourth-order valence-electron chi connectivity index (χ4n) is 3.60. The third kappa shape index (κ3) is 3.37. The minimum Gasteiger partial charge on any atom is -0.292 e. The number of hydrogen-bond acceptors (Lipinski definition) is 4. The van der Waals surface area contributed by atoms with Crippen molar-refractivity contribution in [1.82, 2.24) is 14.2 Å². The molecule has 0 bridgehead atoms. The van der Waals surface area contributed by atoms with E-state index in [-0.39, 0.29) is 15.5 Å². The third-order valence-electron chi connectivity index (χ3n) is 5.24. The first-order valence-corrected chi connectivity index (χ1v) is 11.5. The highest BCUT2D eigenvalue weighted by atomic mass is 35.5. The predicted octanol–water partition coefficient (Wildman–Crippen LogP) is 3.97. The lowest BCUT2D eigenvalue weighted by atomic mass is 9.95. The molecule has 0 aliphatic rings. The van der Waals surface area contributed by atoms with Crippen LogP contribution in [0.25, 0.3) is 16.9 Å². The van der Waals surface area contributed by atoms with Crippen molar-refractivity contribution in [3.63, 3.8) is 0 Å². The van der Waals surface area contributed by atoms with Gasteiger partial charge in [0.05, 0.1) is 9.92 Å². The summed E-state index contributed by atoms with van der Waals surface area (Å²) in [4.78, 5) is 13.3. The summed E-state index contributed by atoms with van der Waals surface area (Å²) in [5.74, 6) is 0.680. The third-order valence-corrected chi connectivity index (χ3v) is 6.66. The molecule has 2 aromatic heterocycles. The molecule has 1 aromatic carbocycles. The lowest BCUT2D eigenvalue weighted by molar-refractivity contribution is 0.602. The topological polar surface area (TPSA) is 73.4 Å². The maximum atomic E-state index is 13.2. The van der Waals surface area contributed by atoms with Crippen LogP contribution in [0.15, 0.2) is 34.0 Å². The summed E-state index contributed by atoms with van der Waals surface area (Å²) in [5, 5.41) is 4.91. The lowest BCUT2D eigenvalue weighted by Gasteiger charge is -2.14. The van der Waals surface area contributed by atoms with Crippen LogP contribution in [0, 0.1) is 6.92 Å². The largest absolute Gasteiger partial charge is 0.292 e. The van der Waals surface area contributed by atoms with Gasteiger partial charge in [0.25, 0.3) is 5.56 Å². The van der Waals surface area contributed by atoms with Gasteiger partial charge in [-0.1, -0.05) is 25.4 Å². The Morgan fingerprint density at radius 2 is 1.82 bits per heavy atom. The molecule has 6 nitrogen and oxygen atoms in total. The van der Waals surface area contributed by atoms with Crippen molar-refractivity contribution in [2.45, 2.75) is 44.4 Å². The molecule has 0 aliphatic carbocycles. The second-order valence-electron chi connectivity index (χ2n) is 7.12. The van der Waals surface area contributed by atoms with Gasteiger partial charge in [0.1, 0.15) is 5.52 Å². The standard InChI is InChI=1S/C20H24ClN3O3S/c1-6-13(7-2)16-10-12(3)24-18(16)20(25)23(4)19(22-24)15-9-8-14(11-17(15)21)28(5,26)27/h8-11,13H,6-7H2,1-5H3. The van der Waals surface area contributed by atoms with Crippen LogP contribution in [0.5, 0.6) is 0 Å². The smallest absolute Gasteiger partial charge is 0.278 e. The molecule has 2 heterocycles. The summed E-state index contributed by atoms with van der Waals surface area (Å²) in [6, 6.07) is 6.48. The van der Waals surface area contributed by atoms with Crippen LogP contribution in [0.1, 0.15) is 43.9 Å². The first-order valence-electron chi connectivity index (χ1n) is 9.19. The highest BCUT2D eigenvalue weighted by Gasteiger charge is 2.21. The number of nitrogens with zero attached hydrogens (tertiary/aromatic N) is 3. The minimum absolute atomic E-state index is 0.125. The lowest BCUT2D eigenvalue weighted by Crippen LogP contribution is -2.24. The van der Waals surface area contributed by atoms with Crippen LogP contribution < -0.4 is 5.56 Å². The van der Waals surface area contributed by atoms with Crippen molar-refractivity contribution in [3.8, 4) is 11.4 Å². The van der Waals surface area contributed by atoms with Crippen LogP contribution in [0.2, 0.25) is 5.02 Å². The first-order chi connectivity index (χ1) is 13.1. The zero-order valence-corrected chi connectivity index (χ0v) is 18.2. The van der Waals surface area contributed by atoms with Gasteiger partial charge in [-0.15, -0.1) is 5.10 Å². The van der Waals surface area contributed by atoms with Crippen LogP contribution in [-0.4, -0.2) is 28.9 Å². The molecule has 3 rings (SSSR count). The van der Waals surface area contributed by atoms with Crippen molar-refractivity contribution >= 4 is 27.0 Å². The van der Waals surface area contributed by atoms with Gasteiger partial charge in [0.15, 0.2) is 15.7 Å². The zero-order chi connectivity index (χ0) is 20.8. The van der Waals surface area contributed by atoms with E-state index in [4.69, 9.17) is 11.6 Å². The molecule has 0 fully saturated rings. The number of aryl methyl sites for hydroxylation is 1. The number of rotatable bonds is 5. The molecule has 0 radical (unpaired) electrons. The Morgan fingerprint density at radius 3 is 2.36 bits per heavy atom. The summed E-state index contributed by atoms with van der Waals surface area (Å²) in [7, 11) is -1.72. The summed E-state index contributed by atoms with van der Waals surface area (Å²) < 4.78 is 26.7. The van der Waals surface area contributed by atoms with E-state index >= 15 is 0 Å². The number of aromatic nitrogens is 3. The number of sulfone groups is 1. The fourth-order valence-corrected chi connectivity index (χ4v) is 4.57. The Balaban J connectivity index is 2.29. The Kier molecular flexibility index (Phi) is 5.42. The average Bonchev–Trinajstić information content (AvgIpc) is 2.95. The van der Waals surface area contributed by atoms with E-state index in [2.05, 4.69) is 18.9 Å². The molecule has 0 N–H and O–H groups in total. The van der Waals surface area contributed by atoms with Crippen molar-refractivity contribution < 1.29 is 8.42 Å². The maximum Gasteiger partial charge on any atom is 0.278 e. The van der Waals surface area contributed by atoms with E-state index in [9.17, 15) is 13.2 Å². The molecule has 0 spiro atoms. The van der Waals surface area contributed by atoms with Crippen LogP contribution >= 0.6 is 11.6 Å². The van der Waals surface area contributed by atoms with Crippen LogP contribution in [0.3, 0.4) is 0 Å². The van der Waals surface area contributed by atoms with E-state index in [1.165, 1.54) is 16.7 Å². The van der Waals surface area contributed by atoms with Gasteiger partial charge in [0.2, 0.25) is 0 Å². The van der Waals surface area contributed by atoms with Crippen molar-refractivity contribution in [2.75, 3.05) is 6.26 Å². The molecule has 8 heteroatoms. The Bertz CT molecular complexity index is 1220. The van der Waals surface area contributed by atoms with Crippen LogP contribution in [-0.2, 0) is 16.9 Å². The van der Waals surface area contributed by atoms with Crippen molar-refractivity contribution in [2.24, 2.45) is 7.05 Å². The molecule has 0 unspecified atom stereocenters. The Morgan fingerprint density at radius 1 is 1.18 bits per heavy atom. The van der Waals surface area contributed by atoms with Crippen LogP contribution in [0.4, 0.5) is 0 Å². The van der Waals surface area contributed by atoms with E-state index in [0.29, 0.717) is 22.8 Å². The quantitative estimate of drug-likeness (QED) is 0.624. The second-order valence-corrected chi connectivity index (χ2v) is 9.54. The molecule has 0 saturated heterocycles. The maximum absolute atomic E-state index is 13.2. The number of halogens is 1. The molecule has 0 amide bonds. The summed E-state index contributed by atoms with van der Waals surface area (Å²) in [5.41, 5.74) is 2.83. The normalized spacial score (nSPS) is 12.2. The monoisotopic (exact) mass is 421 g/mol. The Hall–Kier alpha value is -2.12. The summed E-state index contributed by atoms with van der Waals surface area (Å²) >= 11 is 6.36. The van der Waals surface area contributed by atoms with Gasteiger partial charge in [0, 0.05) is 24.6 Å². The van der Waals surface area contributed by atoms with E-state index in [1.54, 1.807) is 17.6 Å². The molecule has 28 heavy (non-hydrogen) atoms. The molecule has 0 saturated carbocycles. The Labute approximate surface area is 169 Å². The minimum atomic E-state index is -3.37. The molecule has 150 valence electrons. The molecule has 0 aliphatic heterocycles. The van der Waals surface area contributed by atoms with E-state index < -0.39 is 9.84 Å². The molecular weight excluding hydrogens is 398 g/mol. The second kappa shape index (κ2) is 7.37. The SMILES string of the molecule is CCC(CC)c1cc(C)n2nc(-c3ccc(S(C)(=O)=O)cc3Cl)n(C)c(=O)c12.